The second kappa shape index (κ2) is 4.80. The van der Waals surface area contributed by atoms with Gasteiger partial charge in [-0.05, 0) is 31.6 Å². The molecule has 0 aromatic carbocycles. The largest absolute Gasteiger partial charge is 0.0939 e. The van der Waals surface area contributed by atoms with E-state index in [2.05, 4.69) is 21.6 Å². The molecule has 1 heterocycles. The zero-order valence-electron chi connectivity index (χ0n) is 7.63. The van der Waals surface area contributed by atoms with Crippen molar-refractivity contribution in [3.05, 3.63) is 0 Å². The van der Waals surface area contributed by atoms with Crippen LogP contribution in [0.2, 0.25) is 0 Å². The number of hydrogen-bond acceptors (Lipinski definition) is 2. The molecule has 1 unspecified atom stereocenters. The van der Waals surface area contributed by atoms with Crippen LogP contribution in [0.25, 0.3) is 0 Å². The topological polar surface area (TPSA) is 0 Å². The predicted octanol–water partition coefficient (Wildman–Crippen LogP) is 4.11. The van der Waals surface area contributed by atoms with Crippen LogP contribution in [0.5, 0.6) is 0 Å². The Labute approximate surface area is 83.7 Å². The van der Waals surface area contributed by atoms with Gasteiger partial charge in [0.25, 0.3) is 0 Å². The number of rotatable bonds is 1. The zero-order chi connectivity index (χ0) is 8.23. The molecule has 0 nitrogen and oxygen atoms in total. The lowest BCUT2D eigenvalue weighted by atomic mass is 9.85. The fourth-order valence-corrected chi connectivity index (χ4v) is 5.52. The van der Waals surface area contributed by atoms with Gasteiger partial charge in [0.05, 0.1) is 0 Å². The Morgan fingerprint density at radius 3 is 2.33 bits per heavy atom. The van der Waals surface area contributed by atoms with E-state index in [1.54, 1.807) is 0 Å². The third kappa shape index (κ3) is 2.35. The van der Waals surface area contributed by atoms with E-state index < -0.39 is 0 Å². The third-order valence-corrected chi connectivity index (χ3v) is 6.19. The molecule has 1 atom stereocenters. The summed E-state index contributed by atoms with van der Waals surface area (Å²) in [6.07, 6.45) is 10.5. The Balaban J connectivity index is 1.80. The molecule has 1 aliphatic heterocycles. The van der Waals surface area contributed by atoms with Crippen LogP contribution in [-0.2, 0) is 0 Å². The second-order valence-corrected chi connectivity index (χ2v) is 6.72. The maximum Gasteiger partial charge on any atom is 0.0180 e. The van der Waals surface area contributed by atoms with Crippen molar-refractivity contribution in [2.45, 2.75) is 50.2 Å². The first-order valence-electron chi connectivity index (χ1n) is 5.25. The molecule has 0 amide bonds. The van der Waals surface area contributed by atoms with Crippen molar-refractivity contribution in [2.24, 2.45) is 5.92 Å². The minimum atomic E-state index is 1.02. The fourth-order valence-electron chi connectivity index (χ4n) is 2.35. The summed E-state index contributed by atoms with van der Waals surface area (Å²) in [6, 6.07) is 0. The molecule has 12 heavy (non-hydrogen) atoms. The molecule has 2 heteroatoms. The molecule has 1 saturated heterocycles. The van der Waals surface area contributed by atoms with E-state index in [0.29, 0.717) is 0 Å². The van der Waals surface area contributed by atoms with Gasteiger partial charge in [0.1, 0.15) is 0 Å². The summed E-state index contributed by atoms with van der Waals surface area (Å²) in [4.78, 5) is 0. The molecule has 2 rings (SSSR count). The van der Waals surface area contributed by atoms with Gasteiger partial charge in [-0.1, -0.05) is 40.9 Å². The van der Waals surface area contributed by atoms with E-state index in [0.717, 1.165) is 11.2 Å². The summed E-state index contributed by atoms with van der Waals surface area (Å²) in [5.41, 5.74) is 0. The van der Waals surface area contributed by atoms with E-state index in [1.165, 1.54) is 50.7 Å². The van der Waals surface area contributed by atoms with Gasteiger partial charge in [-0.2, -0.15) is 0 Å². The van der Waals surface area contributed by atoms with Crippen molar-refractivity contribution < 1.29 is 0 Å². The van der Waals surface area contributed by atoms with Crippen molar-refractivity contribution in [3.63, 3.8) is 0 Å². The standard InChI is InChI=1S/C10H18S2/c1-2-5-9(6-3-1)10-7-4-8-11-12-10/h9-10H,1-8H2. The van der Waals surface area contributed by atoms with Gasteiger partial charge in [0, 0.05) is 11.0 Å². The average Bonchev–Trinajstić information content (AvgIpc) is 2.21. The molecule has 1 aliphatic carbocycles. The highest BCUT2D eigenvalue weighted by molar-refractivity contribution is 8.77. The Hall–Kier alpha value is 0.700. The van der Waals surface area contributed by atoms with Crippen LogP contribution in [0.1, 0.15) is 44.9 Å². The Kier molecular flexibility index (Phi) is 3.71. The van der Waals surface area contributed by atoms with Crippen molar-refractivity contribution in [3.8, 4) is 0 Å². The van der Waals surface area contributed by atoms with Gasteiger partial charge >= 0.3 is 0 Å². The van der Waals surface area contributed by atoms with E-state index in [-0.39, 0.29) is 0 Å². The van der Waals surface area contributed by atoms with Crippen LogP contribution in [0.3, 0.4) is 0 Å². The Morgan fingerprint density at radius 2 is 1.67 bits per heavy atom. The molecule has 2 aliphatic rings. The molecule has 0 bridgehead atoms. The van der Waals surface area contributed by atoms with Crippen LogP contribution in [0, 0.1) is 5.92 Å². The van der Waals surface area contributed by atoms with Gasteiger partial charge in [-0.3, -0.25) is 0 Å². The van der Waals surface area contributed by atoms with Crippen LogP contribution in [-0.4, -0.2) is 11.0 Å². The molecule has 0 N–H and O–H groups in total. The van der Waals surface area contributed by atoms with Crippen molar-refractivity contribution in [2.75, 3.05) is 5.75 Å². The minimum absolute atomic E-state index is 1.02. The fraction of sp³-hybridized carbons (Fsp3) is 1.00. The van der Waals surface area contributed by atoms with E-state index >= 15 is 0 Å². The molecule has 70 valence electrons. The normalized spacial score (nSPS) is 33.5. The molecular weight excluding hydrogens is 184 g/mol. The van der Waals surface area contributed by atoms with E-state index in [1.807, 2.05) is 0 Å². The van der Waals surface area contributed by atoms with E-state index in [9.17, 15) is 0 Å². The molecule has 0 aromatic heterocycles. The van der Waals surface area contributed by atoms with Gasteiger partial charge in [0.15, 0.2) is 0 Å². The SMILES string of the molecule is C1CCC(C2CCCSS2)CC1. The van der Waals surface area contributed by atoms with Gasteiger partial charge in [-0.25, -0.2) is 0 Å². The molecule has 0 aromatic rings. The minimum Gasteiger partial charge on any atom is -0.0939 e. The first-order valence-corrected chi connectivity index (χ1v) is 7.63. The second-order valence-electron chi connectivity index (χ2n) is 4.00. The summed E-state index contributed by atoms with van der Waals surface area (Å²) in [5.74, 6) is 2.48. The molecular formula is C10H18S2. The Morgan fingerprint density at radius 1 is 0.833 bits per heavy atom. The van der Waals surface area contributed by atoms with Crippen molar-refractivity contribution in [1.29, 1.82) is 0 Å². The summed E-state index contributed by atoms with van der Waals surface area (Å²) >= 11 is 0. The molecule has 2 fully saturated rings. The lowest BCUT2D eigenvalue weighted by Gasteiger charge is -2.31. The van der Waals surface area contributed by atoms with Gasteiger partial charge in [-0.15, -0.1) is 0 Å². The Bertz CT molecular complexity index is 108. The summed E-state index contributed by atoms with van der Waals surface area (Å²) < 4.78 is 0. The highest BCUT2D eigenvalue weighted by Gasteiger charge is 2.25. The highest BCUT2D eigenvalue weighted by atomic mass is 33.1. The van der Waals surface area contributed by atoms with Crippen LogP contribution in [0.15, 0.2) is 0 Å². The summed E-state index contributed by atoms with van der Waals surface area (Å²) in [5, 5.41) is 1.02. The third-order valence-electron chi connectivity index (χ3n) is 3.08. The van der Waals surface area contributed by atoms with Gasteiger partial charge < -0.3 is 0 Å². The average molecular weight is 202 g/mol. The summed E-state index contributed by atoms with van der Waals surface area (Å²) in [7, 11) is 4.30. The van der Waals surface area contributed by atoms with Crippen LogP contribution >= 0.6 is 21.6 Å². The lowest BCUT2D eigenvalue weighted by Crippen LogP contribution is -2.21. The first kappa shape index (κ1) is 9.26. The summed E-state index contributed by atoms with van der Waals surface area (Å²) in [6.45, 7) is 0. The highest BCUT2D eigenvalue weighted by Crippen LogP contribution is 2.43. The molecule has 0 radical (unpaired) electrons. The van der Waals surface area contributed by atoms with Crippen molar-refractivity contribution >= 4 is 21.6 Å². The van der Waals surface area contributed by atoms with E-state index in [4.69, 9.17) is 0 Å². The maximum absolute atomic E-state index is 2.19. The van der Waals surface area contributed by atoms with Crippen LogP contribution < -0.4 is 0 Å². The molecule has 0 spiro atoms. The van der Waals surface area contributed by atoms with Gasteiger partial charge in [0.2, 0.25) is 0 Å². The number of hydrogen-bond donors (Lipinski definition) is 0. The van der Waals surface area contributed by atoms with Crippen LogP contribution in [0.4, 0.5) is 0 Å². The maximum atomic E-state index is 2.19. The predicted molar refractivity (Wildman–Crippen MR) is 59.6 cm³/mol. The first-order chi connectivity index (χ1) is 5.97. The van der Waals surface area contributed by atoms with Crippen molar-refractivity contribution in [1.82, 2.24) is 0 Å². The monoisotopic (exact) mass is 202 g/mol. The zero-order valence-corrected chi connectivity index (χ0v) is 9.26. The quantitative estimate of drug-likeness (QED) is 0.587. The lowest BCUT2D eigenvalue weighted by molar-refractivity contribution is 0.340. The smallest absolute Gasteiger partial charge is 0.0180 e. The molecule has 1 saturated carbocycles.